The molecule has 1 heterocycles. The van der Waals surface area contributed by atoms with Crippen molar-refractivity contribution >= 4 is 11.6 Å². The lowest BCUT2D eigenvalue weighted by atomic mass is 10.2. The molecule has 0 aliphatic carbocycles. The molecule has 5 nitrogen and oxygen atoms in total. The zero-order chi connectivity index (χ0) is 13.8. The number of H-pyrrole nitrogens is 1. The first-order valence-electron chi connectivity index (χ1n) is 5.75. The van der Waals surface area contributed by atoms with Crippen molar-refractivity contribution in [2.24, 2.45) is 0 Å². The first kappa shape index (κ1) is 12.9. The van der Waals surface area contributed by atoms with Crippen LogP contribution in [-0.2, 0) is 0 Å². The summed E-state index contributed by atoms with van der Waals surface area (Å²) in [6.07, 6.45) is 0. The Bertz CT molecular complexity index is 662. The van der Waals surface area contributed by atoms with Gasteiger partial charge in [-0.3, -0.25) is 9.59 Å². The number of aryl methyl sites for hydroxylation is 1. The Morgan fingerprint density at radius 2 is 2.05 bits per heavy atom. The highest BCUT2D eigenvalue weighted by atomic mass is 16.5. The van der Waals surface area contributed by atoms with Gasteiger partial charge in [0.25, 0.3) is 5.91 Å². The highest BCUT2D eigenvalue weighted by Crippen LogP contribution is 2.25. The number of rotatable bonds is 3. The van der Waals surface area contributed by atoms with Crippen molar-refractivity contribution in [3.05, 3.63) is 58.0 Å². The topological polar surface area (TPSA) is 71.2 Å². The van der Waals surface area contributed by atoms with E-state index in [0.29, 0.717) is 11.4 Å². The predicted octanol–water partition coefficient (Wildman–Crippen LogP) is 1.94. The second-order valence-electron chi connectivity index (χ2n) is 4.09. The van der Waals surface area contributed by atoms with Crippen LogP contribution in [0, 0.1) is 6.92 Å². The summed E-state index contributed by atoms with van der Waals surface area (Å²) in [5.74, 6) is 0.179. The van der Waals surface area contributed by atoms with E-state index in [2.05, 4.69) is 10.3 Å². The lowest BCUT2D eigenvalue weighted by Crippen LogP contribution is -2.18. The van der Waals surface area contributed by atoms with E-state index in [1.165, 1.54) is 19.2 Å². The van der Waals surface area contributed by atoms with E-state index in [0.717, 1.165) is 5.56 Å². The normalized spacial score (nSPS) is 10.0. The number of nitrogens with one attached hydrogen (secondary N) is 2. The van der Waals surface area contributed by atoms with Gasteiger partial charge in [0.2, 0.25) is 5.56 Å². The van der Waals surface area contributed by atoms with Gasteiger partial charge in [0.1, 0.15) is 11.4 Å². The molecule has 0 aliphatic heterocycles. The monoisotopic (exact) mass is 258 g/mol. The van der Waals surface area contributed by atoms with Gasteiger partial charge in [-0.25, -0.2) is 0 Å². The Morgan fingerprint density at radius 3 is 2.74 bits per heavy atom. The zero-order valence-electron chi connectivity index (χ0n) is 10.7. The molecule has 0 bridgehead atoms. The number of benzene rings is 1. The molecular formula is C14H14N2O3. The standard InChI is InChI=1S/C14H14N2O3/c1-9-6-7-12(19-2)11(8-9)16-14(18)10-4-3-5-13(17)15-10/h3-8H,1-2H3,(H,15,17)(H,16,18). The maximum Gasteiger partial charge on any atom is 0.272 e. The second-order valence-corrected chi connectivity index (χ2v) is 4.09. The van der Waals surface area contributed by atoms with Crippen molar-refractivity contribution in [1.82, 2.24) is 4.98 Å². The number of aromatic nitrogens is 1. The molecule has 2 rings (SSSR count). The summed E-state index contributed by atoms with van der Waals surface area (Å²) in [6.45, 7) is 1.92. The Labute approximate surface area is 110 Å². The van der Waals surface area contributed by atoms with Crippen LogP contribution in [0.1, 0.15) is 16.1 Å². The largest absolute Gasteiger partial charge is 0.495 e. The van der Waals surface area contributed by atoms with E-state index >= 15 is 0 Å². The summed E-state index contributed by atoms with van der Waals surface area (Å²) >= 11 is 0. The van der Waals surface area contributed by atoms with Crippen molar-refractivity contribution in [1.29, 1.82) is 0 Å². The quantitative estimate of drug-likeness (QED) is 0.883. The number of aromatic amines is 1. The van der Waals surface area contributed by atoms with Crippen LogP contribution in [0.15, 0.2) is 41.2 Å². The minimum atomic E-state index is -0.387. The van der Waals surface area contributed by atoms with E-state index in [9.17, 15) is 9.59 Å². The number of ether oxygens (including phenoxy) is 1. The van der Waals surface area contributed by atoms with Crippen LogP contribution in [0.5, 0.6) is 5.75 Å². The average Bonchev–Trinajstić information content (AvgIpc) is 2.39. The first-order valence-corrected chi connectivity index (χ1v) is 5.75. The molecule has 0 atom stereocenters. The fourth-order valence-electron chi connectivity index (χ4n) is 1.69. The highest BCUT2D eigenvalue weighted by molar-refractivity contribution is 6.03. The third kappa shape index (κ3) is 3.01. The minimum absolute atomic E-state index is 0.205. The van der Waals surface area contributed by atoms with Crippen LogP contribution in [-0.4, -0.2) is 18.0 Å². The van der Waals surface area contributed by atoms with E-state index in [1.807, 2.05) is 13.0 Å². The molecule has 19 heavy (non-hydrogen) atoms. The van der Waals surface area contributed by atoms with Crippen molar-refractivity contribution in [3.8, 4) is 5.75 Å². The lowest BCUT2D eigenvalue weighted by Gasteiger charge is -2.10. The minimum Gasteiger partial charge on any atom is -0.495 e. The molecule has 1 aromatic heterocycles. The summed E-state index contributed by atoms with van der Waals surface area (Å²) in [5.41, 5.74) is 1.45. The van der Waals surface area contributed by atoms with Crippen molar-refractivity contribution in [2.45, 2.75) is 6.92 Å². The summed E-state index contributed by atoms with van der Waals surface area (Å²) in [6, 6.07) is 9.89. The van der Waals surface area contributed by atoms with Gasteiger partial charge in [-0.15, -0.1) is 0 Å². The number of amides is 1. The fraction of sp³-hybridized carbons (Fsp3) is 0.143. The molecule has 1 amide bonds. The number of hydrogen-bond donors (Lipinski definition) is 2. The van der Waals surface area contributed by atoms with Crippen LogP contribution in [0.3, 0.4) is 0 Å². The third-order valence-corrected chi connectivity index (χ3v) is 2.62. The van der Waals surface area contributed by atoms with Gasteiger partial charge >= 0.3 is 0 Å². The smallest absolute Gasteiger partial charge is 0.272 e. The van der Waals surface area contributed by atoms with Crippen LogP contribution >= 0.6 is 0 Å². The molecular weight excluding hydrogens is 244 g/mol. The van der Waals surface area contributed by atoms with E-state index in [1.54, 1.807) is 18.2 Å². The van der Waals surface area contributed by atoms with Crippen LogP contribution in [0.25, 0.3) is 0 Å². The predicted molar refractivity (Wildman–Crippen MR) is 72.7 cm³/mol. The molecule has 0 radical (unpaired) electrons. The summed E-state index contributed by atoms with van der Waals surface area (Å²) in [7, 11) is 1.53. The molecule has 2 aromatic rings. The van der Waals surface area contributed by atoms with Gasteiger partial charge in [0.15, 0.2) is 0 Å². The first-order chi connectivity index (χ1) is 9.10. The SMILES string of the molecule is COc1ccc(C)cc1NC(=O)c1cccc(=O)[nH]1. The molecule has 0 aliphatic rings. The summed E-state index contributed by atoms with van der Waals surface area (Å²) in [5, 5.41) is 2.71. The molecule has 5 heteroatoms. The number of carbonyl (C=O) groups is 1. The van der Waals surface area contributed by atoms with Gasteiger partial charge in [0, 0.05) is 6.07 Å². The van der Waals surface area contributed by atoms with Crippen molar-refractivity contribution in [2.75, 3.05) is 12.4 Å². The van der Waals surface area contributed by atoms with Gasteiger partial charge in [-0.2, -0.15) is 0 Å². The Hall–Kier alpha value is -2.56. The van der Waals surface area contributed by atoms with Gasteiger partial charge in [-0.1, -0.05) is 12.1 Å². The maximum absolute atomic E-state index is 12.0. The number of methoxy groups -OCH3 is 1. The molecule has 0 spiro atoms. The Morgan fingerprint density at radius 1 is 1.26 bits per heavy atom. The molecule has 0 fully saturated rings. The van der Waals surface area contributed by atoms with E-state index < -0.39 is 0 Å². The third-order valence-electron chi connectivity index (χ3n) is 2.62. The molecule has 0 saturated carbocycles. The number of hydrogen-bond acceptors (Lipinski definition) is 3. The molecule has 0 saturated heterocycles. The number of carbonyl (C=O) groups excluding carboxylic acids is 1. The van der Waals surface area contributed by atoms with Crippen molar-refractivity contribution in [3.63, 3.8) is 0 Å². The van der Waals surface area contributed by atoms with E-state index in [4.69, 9.17) is 4.74 Å². The van der Waals surface area contributed by atoms with E-state index in [-0.39, 0.29) is 17.2 Å². The molecule has 0 unspecified atom stereocenters. The lowest BCUT2D eigenvalue weighted by molar-refractivity contribution is 0.102. The van der Waals surface area contributed by atoms with Gasteiger partial charge in [0.05, 0.1) is 12.8 Å². The van der Waals surface area contributed by atoms with Crippen LogP contribution < -0.4 is 15.6 Å². The van der Waals surface area contributed by atoms with Crippen LogP contribution in [0.4, 0.5) is 5.69 Å². The molecule has 2 N–H and O–H groups in total. The highest BCUT2D eigenvalue weighted by Gasteiger charge is 2.10. The molecule has 98 valence electrons. The fourth-order valence-corrected chi connectivity index (χ4v) is 1.69. The second kappa shape index (κ2) is 5.39. The molecule has 1 aromatic carbocycles. The number of anilines is 1. The summed E-state index contributed by atoms with van der Waals surface area (Å²) in [4.78, 5) is 25.6. The van der Waals surface area contributed by atoms with Gasteiger partial charge < -0.3 is 15.0 Å². The average molecular weight is 258 g/mol. The maximum atomic E-state index is 12.0. The van der Waals surface area contributed by atoms with Gasteiger partial charge in [-0.05, 0) is 30.7 Å². The zero-order valence-corrected chi connectivity index (χ0v) is 10.7. The number of pyridine rings is 1. The summed E-state index contributed by atoms with van der Waals surface area (Å²) < 4.78 is 5.17. The van der Waals surface area contributed by atoms with Crippen molar-refractivity contribution < 1.29 is 9.53 Å². The Kier molecular flexibility index (Phi) is 3.66. The van der Waals surface area contributed by atoms with Crippen LogP contribution in [0.2, 0.25) is 0 Å². The Balaban J connectivity index is 2.28.